The quantitative estimate of drug-likeness (QED) is 0.651. The summed E-state index contributed by atoms with van der Waals surface area (Å²) in [5.41, 5.74) is 0.391. The molecule has 0 amide bonds. The SMILES string of the molecule is CC1(C)C[C@@H]2[C@H](O)C3=C(C[C@@](C)(O)[C@H]2C1)C(=O)OC3. The van der Waals surface area contributed by atoms with E-state index in [0.29, 0.717) is 17.6 Å². The fourth-order valence-electron chi connectivity index (χ4n) is 4.27. The number of esters is 1. The minimum Gasteiger partial charge on any atom is -0.458 e. The molecule has 1 fully saturated rings. The molecular weight excluding hydrogens is 244 g/mol. The predicted octanol–water partition coefficient (Wildman–Crippen LogP) is 1.41. The molecule has 0 bridgehead atoms. The Morgan fingerprint density at radius 2 is 1.95 bits per heavy atom. The predicted molar refractivity (Wildman–Crippen MR) is 69.2 cm³/mol. The van der Waals surface area contributed by atoms with Crippen molar-refractivity contribution in [3.8, 4) is 0 Å². The Balaban J connectivity index is 2.04. The molecule has 0 saturated heterocycles. The Labute approximate surface area is 113 Å². The molecule has 4 heteroatoms. The minimum atomic E-state index is -0.945. The molecule has 106 valence electrons. The van der Waals surface area contributed by atoms with Crippen LogP contribution >= 0.6 is 0 Å². The van der Waals surface area contributed by atoms with Gasteiger partial charge in [-0.1, -0.05) is 13.8 Å². The van der Waals surface area contributed by atoms with E-state index in [2.05, 4.69) is 13.8 Å². The van der Waals surface area contributed by atoms with Crippen molar-refractivity contribution in [1.29, 1.82) is 0 Å². The zero-order valence-electron chi connectivity index (χ0n) is 11.8. The third-order valence-electron chi connectivity index (χ3n) is 5.17. The molecule has 4 nitrogen and oxygen atoms in total. The highest BCUT2D eigenvalue weighted by Crippen LogP contribution is 2.55. The van der Waals surface area contributed by atoms with Crippen LogP contribution in [-0.2, 0) is 9.53 Å². The van der Waals surface area contributed by atoms with Crippen LogP contribution in [0.2, 0.25) is 0 Å². The third kappa shape index (κ3) is 1.93. The Kier molecular flexibility index (Phi) is 2.64. The van der Waals surface area contributed by atoms with Gasteiger partial charge in [0, 0.05) is 17.6 Å². The first-order valence-corrected chi connectivity index (χ1v) is 7.01. The van der Waals surface area contributed by atoms with Gasteiger partial charge in [-0.05, 0) is 37.0 Å². The first-order chi connectivity index (χ1) is 8.71. The summed E-state index contributed by atoms with van der Waals surface area (Å²) in [6, 6.07) is 0. The van der Waals surface area contributed by atoms with Crippen LogP contribution < -0.4 is 0 Å². The fraction of sp³-hybridized carbons (Fsp3) is 0.800. The van der Waals surface area contributed by atoms with Crippen molar-refractivity contribution in [1.82, 2.24) is 0 Å². The average molecular weight is 266 g/mol. The molecule has 19 heavy (non-hydrogen) atoms. The van der Waals surface area contributed by atoms with Gasteiger partial charge in [0.15, 0.2) is 0 Å². The molecule has 4 atom stereocenters. The second-order valence-corrected chi connectivity index (χ2v) is 7.40. The maximum Gasteiger partial charge on any atom is 0.334 e. The summed E-state index contributed by atoms with van der Waals surface area (Å²) < 4.78 is 5.04. The van der Waals surface area contributed by atoms with Crippen molar-refractivity contribution in [2.24, 2.45) is 17.3 Å². The number of hydrogen-bond acceptors (Lipinski definition) is 4. The maximum absolute atomic E-state index is 11.7. The van der Waals surface area contributed by atoms with E-state index in [0.717, 1.165) is 12.8 Å². The van der Waals surface area contributed by atoms with Gasteiger partial charge in [0.1, 0.15) is 6.61 Å². The largest absolute Gasteiger partial charge is 0.458 e. The minimum absolute atomic E-state index is 0.0204. The number of carbonyl (C=O) groups excluding carboxylic acids is 1. The number of rotatable bonds is 0. The molecule has 0 aromatic carbocycles. The van der Waals surface area contributed by atoms with Gasteiger partial charge in [-0.15, -0.1) is 0 Å². The first kappa shape index (κ1) is 13.1. The van der Waals surface area contributed by atoms with Crippen LogP contribution in [0.5, 0.6) is 0 Å². The van der Waals surface area contributed by atoms with Crippen molar-refractivity contribution >= 4 is 5.97 Å². The van der Waals surface area contributed by atoms with Gasteiger partial charge < -0.3 is 14.9 Å². The van der Waals surface area contributed by atoms with Crippen LogP contribution in [0.3, 0.4) is 0 Å². The van der Waals surface area contributed by atoms with Crippen molar-refractivity contribution < 1.29 is 19.7 Å². The number of cyclic esters (lactones) is 1. The monoisotopic (exact) mass is 266 g/mol. The molecule has 3 aliphatic rings. The van der Waals surface area contributed by atoms with Crippen LogP contribution in [0.4, 0.5) is 0 Å². The fourth-order valence-corrected chi connectivity index (χ4v) is 4.27. The smallest absolute Gasteiger partial charge is 0.334 e. The Hall–Kier alpha value is -0.870. The van der Waals surface area contributed by atoms with E-state index in [9.17, 15) is 15.0 Å². The van der Waals surface area contributed by atoms with Crippen molar-refractivity contribution in [2.45, 2.75) is 51.7 Å². The lowest BCUT2D eigenvalue weighted by Gasteiger charge is -2.34. The topological polar surface area (TPSA) is 66.8 Å². The molecule has 1 heterocycles. The lowest BCUT2D eigenvalue weighted by atomic mass is 9.78. The number of aliphatic hydroxyl groups excluding tert-OH is 1. The zero-order valence-corrected chi connectivity index (χ0v) is 11.8. The van der Waals surface area contributed by atoms with E-state index in [1.165, 1.54) is 0 Å². The van der Waals surface area contributed by atoms with Crippen LogP contribution in [-0.4, -0.2) is 34.5 Å². The van der Waals surface area contributed by atoms with Crippen molar-refractivity contribution in [3.63, 3.8) is 0 Å². The molecule has 1 saturated carbocycles. The normalized spacial score (nSPS) is 44.7. The van der Waals surface area contributed by atoms with Crippen molar-refractivity contribution in [3.05, 3.63) is 11.1 Å². The standard InChI is InChI=1S/C15H22O4/c1-14(2)4-9-11(6-14)15(3,18)5-8-10(12(9)16)7-19-13(8)17/h9,11-12,16,18H,4-7H2,1-3H3/t9-,11-,12-,15+/m0/s1. The molecule has 0 radical (unpaired) electrons. The van der Waals surface area contributed by atoms with Gasteiger partial charge in [0.25, 0.3) is 0 Å². The van der Waals surface area contributed by atoms with Crippen LogP contribution in [0.1, 0.15) is 40.0 Å². The Morgan fingerprint density at radius 3 is 2.63 bits per heavy atom. The summed E-state index contributed by atoms with van der Waals surface area (Å²) in [6.45, 7) is 6.33. The maximum atomic E-state index is 11.7. The van der Waals surface area contributed by atoms with E-state index in [1.807, 2.05) is 0 Å². The second-order valence-electron chi connectivity index (χ2n) is 7.40. The molecule has 0 spiro atoms. The van der Waals surface area contributed by atoms with E-state index in [4.69, 9.17) is 4.74 Å². The summed E-state index contributed by atoms with van der Waals surface area (Å²) in [5, 5.41) is 21.4. The third-order valence-corrected chi connectivity index (χ3v) is 5.17. The molecular formula is C15H22O4. The Bertz CT molecular complexity index is 461. The van der Waals surface area contributed by atoms with E-state index in [-0.39, 0.29) is 29.8 Å². The van der Waals surface area contributed by atoms with E-state index in [1.54, 1.807) is 6.92 Å². The summed E-state index contributed by atoms with van der Waals surface area (Å²) in [5.74, 6) is -0.309. The summed E-state index contributed by atoms with van der Waals surface area (Å²) in [7, 11) is 0. The van der Waals surface area contributed by atoms with Gasteiger partial charge in [0.2, 0.25) is 0 Å². The summed E-state index contributed by atoms with van der Waals surface area (Å²) >= 11 is 0. The first-order valence-electron chi connectivity index (χ1n) is 7.01. The highest BCUT2D eigenvalue weighted by Gasteiger charge is 2.54. The van der Waals surface area contributed by atoms with E-state index < -0.39 is 11.7 Å². The number of aliphatic hydroxyl groups is 2. The summed E-state index contributed by atoms with van der Waals surface area (Å²) in [4.78, 5) is 11.7. The number of fused-ring (bicyclic) bond motifs is 1. The van der Waals surface area contributed by atoms with Gasteiger partial charge in [-0.3, -0.25) is 0 Å². The van der Waals surface area contributed by atoms with Gasteiger partial charge in [-0.25, -0.2) is 4.79 Å². The summed E-state index contributed by atoms with van der Waals surface area (Å²) in [6.07, 6.45) is 1.41. The Morgan fingerprint density at radius 1 is 1.26 bits per heavy atom. The molecule has 2 aliphatic carbocycles. The molecule has 0 aromatic heterocycles. The zero-order chi connectivity index (χ0) is 14.0. The van der Waals surface area contributed by atoms with Crippen LogP contribution in [0.25, 0.3) is 0 Å². The number of carbonyl (C=O) groups is 1. The van der Waals surface area contributed by atoms with Crippen LogP contribution in [0.15, 0.2) is 11.1 Å². The average Bonchev–Trinajstić information content (AvgIpc) is 2.78. The molecule has 0 aromatic rings. The lowest BCUT2D eigenvalue weighted by molar-refractivity contribution is -0.137. The number of ether oxygens (including phenoxy) is 1. The molecule has 2 N–H and O–H groups in total. The highest BCUT2D eigenvalue weighted by molar-refractivity contribution is 5.92. The van der Waals surface area contributed by atoms with Crippen LogP contribution in [0, 0.1) is 17.3 Å². The highest BCUT2D eigenvalue weighted by atomic mass is 16.5. The van der Waals surface area contributed by atoms with Gasteiger partial charge in [0.05, 0.1) is 11.7 Å². The molecule has 3 rings (SSSR count). The lowest BCUT2D eigenvalue weighted by Crippen LogP contribution is -2.39. The van der Waals surface area contributed by atoms with E-state index >= 15 is 0 Å². The van der Waals surface area contributed by atoms with Gasteiger partial charge >= 0.3 is 5.97 Å². The molecule has 0 unspecified atom stereocenters. The number of hydrogen-bond donors (Lipinski definition) is 2. The second kappa shape index (κ2) is 3.83. The van der Waals surface area contributed by atoms with Gasteiger partial charge in [-0.2, -0.15) is 0 Å². The van der Waals surface area contributed by atoms with Crippen molar-refractivity contribution in [2.75, 3.05) is 6.61 Å². The molecule has 1 aliphatic heterocycles.